The molecule has 3 aromatic rings. The molecule has 0 aliphatic carbocycles. The van der Waals surface area contributed by atoms with Gasteiger partial charge in [-0.1, -0.05) is 30.3 Å². The maximum absolute atomic E-state index is 12.5. The number of para-hydroxylation sites is 2. The number of esters is 1. The van der Waals surface area contributed by atoms with Gasteiger partial charge in [0.1, 0.15) is 17.1 Å². The molecule has 0 spiro atoms. The van der Waals surface area contributed by atoms with E-state index in [-0.39, 0.29) is 5.56 Å². The minimum atomic E-state index is -0.652. The Kier molecular flexibility index (Phi) is 6.32. The van der Waals surface area contributed by atoms with Crippen LogP contribution in [-0.2, 0) is 9.53 Å². The van der Waals surface area contributed by atoms with Crippen molar-refractivity contribution < 1.29 is 28.5 Å². The molecule has 1 heterocycles. The van der Waals surface area contributed by atoms with Crippen LogP contribution in [0.4, 0.5) is 5.69 Å². The van der Waals surface area contributed by atoms with E-state index in [2.05, 4.69) is 5.32 Å². The summed E-state index contributed by atoms with van der Waals surface area (Å²) in [4.78, 5) is 24.8. The summed E-state index contributed by atoms with van der Waals surface area (Å²) in [5, 5.41) is 2.69. The Bertz CT molecular complexity index is 1070. The van der Waals surface area contributed by atoms with E-state index in [1.807, 2.05) is 18.2 Å². The molecule has 0 atom stereocenters. The molecule has 3 aromatic carbocycles. The smallest absolute Gasteiger partial charge is 0.342 e. The first-order valence-electron chi connectivity index (χ1n) is 9.87. The summed E-state index contributed by atoms with van der Waals surface area (Å²) in [6.45, 7) is 0.698. The molecule has 4 rings (SSSR count). The van der Waals surface area contributed by atoms with Gasteiger partial charge in [0.25, 0.3) is 5.91 Å². The molecule has 0 bridgehead atoms. The van der Waals surface area contributed by atoms with Crippen molar-refractivity contribution >= 4 is 17.6 Å². The summed E-state index contributed by atoms with van der Waals surface area (Å²) in [6, 6.07) is 20.9. The van der Waals surface area contributed by atoms with Crippen LogP contribution >= 0.6 is 0 Å². The number of nitrogens with one attached hydrogen (secondary N) is 1. The topological polar surface area (TPSA) is 83.1 Å². The number of ether oxygens (including phenoxy) is 4. The number of hydrogen-bond donors (Lipinski definition) is 1. The van der Waals surface area contributed by atoms with Crippen LogP contribution in [0.15, 0.2) is 72.8 Å². The quantitative estimate of drug-likeness (QED) is 0.595. The van der Waals surface area contributed by atoms with E-state index in [0.717, 1.165) is 6.42 Å². The lowest BCUT2D eigenvalue weighted by atomic mass is 10.2. The van der Waals surface area contributed by atoms with Crippen molar-refractivity contribution in [1.82, 2.24) is 0 Å². The van der Waals surface area contributed by atoms with E-state index in [0.29, 0.717) is 41.9 Å². The van der Waals surface area contributed by atoms with Crippen molar-refractivity contribution in [3.05, 3.63) is 78.4 Å². The number of rotatable bonds is 6. The Morgan fingerprint density at radius 1 is 0.871 bits per heavy atom. The number of benzene rings is 3. The molecule has 0 aromatic heterocycles. The lowest BCUT2D eigenvalue weighted by molar-refractivity contribution is -0.119. The van der Waals surface area contributed by atoms with Gasteiger partial charge in [0.05, 0.1) is 13.2 Å². The van der Waals surface area contributed by atoms with Gasteiger partial charge < -0.3 is 24.3 Å². The van der Waals surface area contributed by atoms with Crippen LogP contribution in [0.5, 0.6) is 23.0 Å². The maximum atomic E-state index is 12.5. The van der Waals surface area contributed by atoms with Gasteiger partial charge in [-0.2, -0.15) is 0 Å². The van der Waals surface area contributed by atoms with Gasteiger partial charge >= 0.3 is 5.97 Å². The minimum absolute atomic E-state index is 0.231. The van der Waals surface area contributed by atoms with Crippen molar-refractivity contribution in [3.8, 4) is 23.0 Å². The molecule has 158 valence electrons. The zero-order chi connectivity index (χ0) is 21.5. The van der Waals surface area contributed by atoms with Crippen molar-refractivity contribution in [2.24, 2.45) is 0 Å². The summed E-state index contributed by atoms with van der Waals surface area (Å²) in [6.07, 6.45) is 0.793. The Labute approximate surface area is 179 Å². The first-order valence-corrected chi connectivity index (χ1v) is 9.87. The van der Waals surface area contributed by atoms with Gasteiger partial charge in [-0.3, -0.25) is 4.79 Å². The fourth-order valence-electron chi connectivity index (χ4n) is 2.99. The summed E-state index contributed by atoms with van der Waals surface area (Å²) < 4.78 is 22.1. The van der Waals surface area contributed by atoms with Gasteiger partial charge in [0.15, 0.2) is 18.1 Å². The molecule has 31 heavy (non-hydrogen) atoms. The molecule has 0 radical (unpaired) electrons. The molecule has 1 amide bonds. The van der Waals surface area contributed by atoms with Crippen LogP contribution < -0.4 is 19.5 Å². The lowest BCUT2D eigenvalue weighted by Crippen LogP contribution is -2.21. The molecule has 1 aliphatic rings. The normalized spacial score (nSPS) is 12.4. The average Bonchev–Trinajstić information content (AvgIpc) is 3.04. The molecule has 0 unspecified atom stereocenters. The van der Waals surface area contributed by atoms with Crippen molar-refractivity contribution in [2.45, 2.75) is 6.42 Å². The molecule has 7 heteroatoms. The number of hydrogen-bond acceptors (Lipinski definition) is 6. The summed E-state index contributed by atoms with van der Waals surface area (Å²) in [5.74, 6) is 1.03. The first kappa shape index (κ1) is 20.3. The number of amides is 1. The monoisotopic (exact) mass is 419 g/mol. The zero-order valence-corrected chi connectivity index (χ0v) is 16.7. The van der Waals surface area contributed by atoms with Gasteiger partial charge in [-0.05, 0) is 36.4 Å². The Morgan fingerprint density at radius 3 is 2.45 bits per heavy atom. The fourth-order valence-corrected chi connectivity index (χ4v) is 2.99. The highest BCUT2D eigenvalue weighted by molar-refractivity contribution is 5.97. The number of fused-ring (bicyclic) bond motifs is 1. The second kappa shape index (κ2) is 9.67. The van der Waals surface area contributed by atoms with Gasteiger partial charge in [0.2, 0.25) is 0 Å². The Balaban J connectivity index is 1.36. The summed E-state index contributed by atoms with van der Waals surface area (Å²) >= 11 is 0. The Morgan fingerprint density at radius 2 is 1.61 bits per heavy atom. The van der Waals surface area contributed by atoms with E-state index in [1.165, 1.54) is 0 Å². The molecule has 7 nitrogen and oxygen atoms in total. The van der Waals surface area contributed by atoms with E-state index >= 15 is 0 Å². The van der Waals surface area contributed by atoms with E-state index < -0.39 is 18.5 Å². The van der Waals surface area contributed by atoms with Crippen LogP contribution in [0.2, 0.25) is 0 Å². The number of carbonyl (C=O) groups excluding carboxylic acids is 2. The Hall–Kier alpha value is -4.00. The van der Waals surface area contributed by atoms with E-state index in [4.69, 9.17) is 18.9 Å². The average molecular weight is 419 g/mol. The molecule has 0 fully saturated rings. The highest BCUT2D eigenvalue weighted by atomic mass is 16.5. The zero-order valence-electron chi connectivity index (χ0n) is 16.7. The van der Waals surface area contributed by atoms with E-state index in [9.17, 15) is 9.59 Å². The third kappa shape index (κ3) is 5.33. The second-order valence-corrected chi connectivity index (χ2v) is 6.75. The maximum Gasteiger partial charge on any atom is 0.342 e. The highest BCUT2D eigenvalue weighted by Crippen LogP contribution is 2.32. The van der Waals surface area contributed by atoms with Gasteiger partial charge in [-0.15, -0.1) is 0 Å². The number of carbonyl (C=O) groups is 2. The molecule has 0 saturated carbocycles. The van der Waals surface area contributed by atoms with Crippen molar-refractivity contribution in [3.63, 3.8) is 0 Å². The summed E-state index contributed by atoms with van der Waals surface area (Å²) in [7, 11) is 0. The minimum Gasteiger partial charge on any atom is -0.490 e. The second-order valence-electron chi connectivity index (χ2n) is 6.75. The molecule has 0 saturated heterocycles. The SMILES string of the molecule is O=C(COC(=O)c1ccccc1Oc1ccccc1)Nc1ccc2c(c1)OCCCO2. The number of anilines is 1. The highest BCUT2D eigenvalue weighted by Gasteiger charge is 2.17. The van der Waals surface area contributed by atoms with E-state index in [1.54, 1.807) is 54.6 Å². The predicted octanol–water partition coefficient (Wildman–Crippen LogP) is 4.44. The summed E-state index contributed by atoms with van der Waals surface area (Å²) in [5.41, 5.74) is 0.757. The molecule has 1 N–H and O–H groups in total. The van der Waals surface area contributed by atoms with Crippen LogP contribution in [0.3, 0.4) is 0 Å². The van der Waals surface area contributed by atoms with Crippen molar-refractivity contribution in [1.29, 1.82) is 0 Å². The molecular weight excluding hydrogens is 398 g/mol. The predicted molar refractivity (Wildman–Crippen MR) is 114 cm³/mol. The van der Waals surface area contributed by atoms with Crippen molar-refractivity contribution in [2.75, 3.05) is 25.1 Å². The third-order valence-corrected chi connectivity index (χ3v) is 4.44. The fraction of sp³-hybridized carbons (Fsp3) is 0.167. The third-order valence-electron chi connectivity index (χ3n) is 4.44. The standard InChI is InChI=1S/C24H21NO6/c26-23(25-17-11-12-21-22(15-17)29-14-6-13-28-21)16-30-24(27)19-9-4-5-10-20(19)31-18-7-2-1-3-8-18/h1-5,7-12,15H,6,13-14,16H2,(H,25,26). The van der Waals surface area contributed by atoms with Crippen LogP contribution in [0.1, 0.15) is 16.8 Å². The largest absolute Gasteiger partial charge is 0.490 e. The van der Waals surface area contributed by atoms with Gasteiger partial charge in [0, 0.05) is 18.2 Å². The first-order chi connectivity index (χ1) is 15.2. The van der Waals surface area contributed by atoms with Crippen LogP contribution in [0, 0.1) is 0 Å². The molecular formula is C24H21NO6. The van der Waals surface area contributed by atoms with Crippen LogP contribution in [-0.4, -0.2) is 31.7 Å². The molecule has 1 aliphatic heterocycles. The van der Waals surface area contributed by atoms with Crippen LogP contribution in [0.25, 0.3) is 0 Å². The van der Waals surface area contributed by atoms with Gasteiger partial charge in [-0.25, -0.2) is 4.79 Å². The lowest BCUT2D eigenvalue weighted by Gasteiger charge is -2.12.